The molecule has 0 saturated heterocycles. The van der Waals surface area contributed by atoms with Crippen molar-refractivity contribution in [3.63, 3.8) is 0 Å². The monoisotopic (exact) mass is 245 g/mol. The molecule has 0 amide bonds. The van der Waals surface area contributed by atoms with Gasteiger partial charge in [-0.1, -0.05) is 6.07 Å². The van der Waals surface area contributed by atoms with Gasteiger partial charge in [-0.2, -0.15) is 0 Å². The van der Waals surface area contributed by atoms with E-state index in [0.717, 1.165) is 36.2 Å². The van der Waals surface area contributed by atoms with Crippen molar-refractivity contribution in [3.05, 3.63) is 34.2 Å². The lowest BCUT2D eigenvalue weighted by Gasteiger charge is -2.26. The van der Waals surface area contributed by atoms with Crippen molar-refractivity contribution in [2.24, 2.45) is 11.7 Å². The van der Waals surface area contributed by atoms with E-state index in [2.05, 4.69) is 22.1 Å². The highest BCUT2D eigenvalue weighted by Gasteiger charge is 2.18. The van der Waals surface area contributed by atoms with Gasteiger partial charge < -0.3 is 15.7 Å². The molecule has 18 heavy (non-hydrogen) atoms. The van der Waals surface area contributed by atoms with Crippen molar-refractivity contribution in [3.8, 4) is 0 Å². The molecule has 1 heterocycles. The Balaban J connectivity index is 1.76. The lowest BCUT2D eigenvalue weighted by atomic mass is 9.83. The van der Waals surface area contributed by atoms with E-state index in [9.17, 15) is 4.79 Å². The molecule has 4 N–H and O–H groups in total. The molecule has 0 unspecified atom stereocenters. The predicted octanol–water partition coefficient (Wildman–Crippen LogP) is 1.92. The van der Waals surface area contributed by atoms with Gasteiger partial charge in [-0.15, -0.1) is 0 Å². The number of nitrogens with two attached hydrogens (primary N) is 1. The third-order valence-electron chi connectivity index (χ3n) is 4.00. The second-order valence-corrected chi connectivity index (χ2v) is 5.44. The molecular formula is C14H19N3O. The van der Waals surface area contributed by atoms with E-state index >= 15 is 0 Å². The number of H-pyrrole nitrogens is 2. The molecule has 1 aromatic heterocycles. The van der Waals surface area contributed by atoms with Gasteiger partial charge >= 0.3 is 5.69 Å². The molecule has 2 aromatic rings. The first-order valence-corrected chi connectivity index (χ1v) is 6.67. The third-order valence-corrected chi connectivity index (χ3v) is 4.00. The van der Waals surface area contributed by atoms with Crippen molar-refractivity contribution < 1.29 is 0 Å². The van der Waals surface area contributed by atoms with E-state index in [-0.39, 0.29) is 5.69 Å². The van der Waals surface area contributed by atoms with Gasteiger partial charge in [-0.05, 0) is 55.7 Å². The quantitative estimate of drug-likeness (QED) is 0.756. The van der Waals surface area contributed by atoms with Gasteiger partial charge in [0.25, 0.3) is 0 Å². The van der Waals surface area contributed by atoms with Gasteiger partial charge in [-0.3, -0.25) is 0 Å². The molecule has 3 rings (SSSR count). The summed E-state index contributed by atoms with van der Waals surface area (Å²) in [7, 11) is 0. The molecule has 1 saturated carbocycles. The summed E-state index contributed by atoms with van der Waals surface area (Å²) < 4.78 is 0. The second-order valence-electron chi connectivity index (χ2n) is 5.44. The number of nitrogens with one attached hydrogen (secondary N) is 2. The smallest absolute Gasteiger partial charge is 0.323 e. The van der Waals surface area contributed by atoms with E-state index < -0.39 is 0 Å². The maximum Gasteiger partial charge on any atom is 0.323 e. The van der Waals surface area contributed by atoms with Crippen molar-refractivity contribution in [2.75, 3.05) is 0 Å². The minimum Gasteiger partial charge on any atom is -0.328 e. The largest absolute Gasteiger partial charge is 0.328 e. The van der Waals surface area contributed by atoms with Crippen molar-refractivity contribution in [2.45, 2.75) is 38.1 Å². The van der Waals surface area contributed by atoms with Gasteiger partial charge in [0.2, 0.25) is 0 Å². The summed E-state index contributed by atoms with van der Waals surface area (Å²) in [4.78, 5) is 16.8. The van der Waals surface area contributed by atoms with Crippen LogP contribution in [0.1, 0.15) is 31.2 Å². The van der Waals surface area contributed by atoms with Crippen LogP contribution in [0.15, 0.2) is 23.0 Å². The summed E-state index contributed by atoms with van der Waals surface area (Å²) in [5.41, 5.74) is 8.89. The molecule has 96 valence electrons. The highest BCUT2D eigenvalue weighted by Crippen LogP contribution is 2.27. The average molecular weight is 245 g/mol. The molecule has 1 aromatic carbocycles. The lowest BCUT2D eigenvalue weighted by molar-refractivity contribution is 0.325. The topological polar surface area (TPSA) is 74.7 Å². The second kappa shape index (κ2) is 4.61. The molecule has 4 heteroatoms. The van der Waals surface area contributed by atoms with Crippen LogP contribution in [0, 0.1) is 5.92 Å². The zero-order valence-corrected chi connectivity index (χ0v) is 10.4. The van der Waals surface area contributed by atoms with E-state index in [1.54, 1.807) is 0 Å². The van der Waals surface area contributed by atoms with Crippen molar-refractivity contribution in [1.82, 2.24) is 9.97 Å². The van der Waals surface area contributed by atoms with E-state index in [1.807, 2.05) is 6.07 Å². The summed E-state index contributed by atoms with van der Waals surface area (Å²) in [5.74, 6) is 0.743. The van der Waals surface area contributed by atoms with Crippen molar-refractivity contribution in [1.29, 1.82) is 0 Å². The fourth-order valence-corrected chi connectivity index (χ4v) is 2.93. The van der Waals surface area contributed by atoms with Crippen LogP contribution in [0.3, 0.4) is 0 Å². The highest BCUT2D eigenvalue weighted by atomic mass is 16.1. The summed E-state index contributed by atoms with van der Waals surface area (Å²) in [6.45, 7) is 0. The van der Waals surface area contributed by atoms with Crippen molar-refractivity contribution >= 4 is 11.0 Å². The number of rotatable bonds is 2. The van der Waals surface area contributed by atoms with Crippen LogP contribution in [0.2, 0.25) is 0 Å². The normalized spacial score (nSPS) is 24.5. The van der Waals surface area contributed by atoms with E-state index in [1.165, 1.54) is 18.4 Å². The Kier molecular flexibility index (Phi) is 2.96. The fraction of sp³-hybridized carbons (Fsp3) is 0.500. The Morgan fingerprint density at radius 3 is 2.61 bits per heavy atom. The zero-order chi connectivity index (χ0) is 12.5. The van der Waals surface area contributed by atoms with E-state index in [4.69, 9.17) is 5.73 Å². The summed E-state index contributed by atoms with van der Waals surface area (Å²) >= 11 is 0. The van der Waals surface area contributed by atoms with Crippen LogP contribution >= 0.6 is 0 Å². The Labute approximate surface area is 106 Å². The first kappa shape index (κ1) is 11.5. The number of hydrogen-bond donors (Lipinski definition) is 3. The first-order valence-electron chi connectivity index (χ1n) is 6.67. The van der Waals surface area contributed by atoms with Crippen LogP contribution in [0.4, 0.5) is 0 Å². The zero-order valence-electron chi connectivity index (χ0n) is 10.4. The molecule has 0 bridgehead atoms. The summed E-state index contributed by atoms with van der Waals surface area (Å²) in [5, 5.41) is 0. The van der Waals surface area contributed by atoms with Crippen LogP contribution in [-0.4, -0.2) is 16.0 Å². The van der Waals surface area contributed by atoms with Crippen LogP contribution in [-0.2, 0) is 6.42 Å². The number of aromatic nitrogens is 2. The number of imidazole rings is 1. The number of hydrogen-bond acceptors (Lipinski definition) is 2. The maximum absolute atomic E-state index is 11.2. The Morgan fingerprint density at radius 2 is 1.83 bits per heavy atom. The summed E-state index contributed by atoms with van der Waals surface area (Å²) in [6, 6.07) is 6.59. The average Bonchev–Trinajstić information content (AvgIpc) is 2.71. The van der Waals surface area contributed by atoms with Crippen LogP contribution < -0.4 is 11.4 Å². The minimum absolute atomic E-state index is 0.134. The van der Waals surface area contributed by atoms with Crippen LogP contribution in [0.5, 0.6) is 0 Å². The number of benzene rings is 1. The molecule has 0 spiro atoms. The van der Waals surface area contributed by atoms with Gasteiger partial charge in [0.15, 0.2) is 0 Å². The van der Waals surface area contributed by atoms with E-state index in [0.29, 0.717) is 6.04 Å². The Hall–Kier alpha value is -1.55. The maximum atomic E-state index is 11.2. The fourth-order valence-electron chi connectivity index (χ4n) is 2.93. The molecule has 1 fully saturated rings. The molecule has 1 aliphatic carbocycles. The molecule has 0 aliphatic heterocycles. The van der Waals surface area contributed by atoms with Gasteiger partial charge in [0.1, 0.15) is 0 Å². The summed E-state index contributed by atoms with van der Waals surface area (Å²) in [6.07, 6.45) is 5.84. The standard InChI is InChI=1S/C14H19N3O/c15-11-4-1-9(2-5-11)7-10-3-6-12-13(8-10)17-14(18)16-12/h3,6,8-9,11H,1-2,4-5,7,15H2,(H2,16,17,18). The molecular weight excluding hydrogens is 226 g/mol. The molecule has 0 radical (unpaired) electrons. The molecule has 1 aliphatic rings. The first-order chi connectivity index (χ1) is 8.70. The van der Waals surface area contributed by atoms with Gasteiger partial charge in [0, 0.05) is 6.04 Å². The van der Waals surface area contributed by atoms with Gasteiger partial charge in [-0.25, -0.2) is 4.79 Å². The Bertz CT molecular complexity index is 590. The minimum atomic E-state index is -0.134. The molecule has 0 atom stereocenters. The molecule has 4 nitrogen and oxygen atoms in total. The van der Waals surface area contributed by atoms with Crippen LogP contribution in [0.25, 0.3) is 11.0 Å². The number of aromatic amines is 2. The lowest BCUT2D eigenvalue weighted by Crippen LogP contribution is -2.27. The Morgan fingerprint density at radius 1 is 1.11 bits per heavy atom. The SMILES string of the molecule is NC1CCC(Cc2ccc3[nH]c(=O)[nH]c3c2)CC1. The number of fused-ring (bicyclic) bond motifs is 1. The highest BCUT2D eigenvalue weighted by molar-refractivity contribution is 5.74. The van der Waals surface area contributed by atoms with Gasteiger partial charge in [0.05, 0.1) is 11.0 Å². The predicted molar refractivity (Wildman–Crippen MR) is 72.6 cm³/mol. The third kappa shape index (κ3) is 2.34.